The first-order chi connectivity index (χ1) is 13.0. The molecule has 1 saturated carbocycles. The first-order valence-electron chi connectivity index (χ1n) is 8.44. The Kier molecular flexibility index (Phi) is 4.96. The summed E-state index contributed by atoms with van der Waals surface area (Å²) in [6.07, 6.45) is 2.14. The van der Waals surface area contributed by atoms with Gasteiger partial charge in [0.2, 0.25) is 5.91 Å². The molecule has 0 spiro atoms. The highest BCUT2D eigenvalue weighted by Gasteiger charge is 2.31. The lowest BCUT2D eigenvalue weighted by Gasteiger charge is -2.13. The van der Waals surface area contributed by atoms with Gasteiger partial charge in [0.05, 0.1) is 10.1 Å². The Hall–Kier alpha value is -2.26. The van der Waals surface area contributed by atoms with Crippen molar-refractivity contribution in [2.75, 3.05) is 5.32 Å². The number of nitrogens with one attached hydrogen (secondary N) is 1. The first-order valence-corrected chi connectivity index (χ1v) is 10.2. The zero-order valence-electron chi connectivity index (χ0n) is 14.4. The van der Waals surface area contributed by atoms with Crippen LogP contribution in [0.15, 0.2) is 40.9 Å². The van der Waals surface area contributed by atoms with Gasteiger partial charge in [-0.2, -0.15) is 0 Å². The van der Waals surface area contributed by atoms with E-state index in [1.807, 2.05) is 17.5 Å². The van der Waals surface area contributed by atoms with E-state index in [2.05, 4.69) is 20.1 Å². The number of thiophene rings is 1. The third-order valence-electron chi connectivity index (χ3n) is 4.16. The first kappa shape index (κ1) is 18.1. The van der Waals surface area contributed by atoms with Gasteiger partial charge >= 0.3 is 0 Å². The van der Waals surface area contributed by atoms with Crippen LogP contribution in [0.3, 0.4) is 0 Å². The summed E-state index contributed by atoms with van der Waals surface area (Å²) in [7, 11) is 0. The Balaban J connectivity index is 1.50. The van der Waals surface area contributed by atoms with Gasteiger partial charge in [-0.1, -0.05) is 17.8 Å². The van der Waals surface area contributed by atoms with Gasteiger partial charge < -0.3 is 5.32 Å². The standard InChI is InChI=1S/C18H16F2N4OS2/c1-10(17(25)21-11-4-7-13(19)14(20)9-11)27-18-23-22-16(15-3-2-8-26-15)24(18)12-5-6-12/h2-4,7-10,12H,5-6H2,1H3,(H,21,25). The fraction of sp³-hybridized carbons (Fsp3) is 0.278. The number of thioether (sulfide) groups is 1. The van der Waals surface area contributed by atoms with Gasteiger partial charge in [-0.3, -0.25) is 9.36 Å². The topological polar surface area (TPSA) is 59.8 Å². The third-order valence-corrected chi connectivity index (χ3v) is 6.08. The number of carbonyl (C=O) groups excluding carboxylic acids is 1. The average Bonchev–Trinajstić information content (AvgIpc) is 3.17. The normalized spacial score (nSPS) is 14.9. The third kappa shape index (κ3) is 3.89. The van der Waals surface area contributed by atoms with Crippen LogP contribution in [0, 0.1) is 11.6 Å². The summed E-state index contributed by atoms with van der Waals surface area (Å²) in [4.78, 5) is 13.5. The molecule has 0 saturated heterocycles. The van der Waals surface area contributed by atoms with Crippen LogP contribution in [0.1, 0.15) is 25.8 Å². The van der Waals surface area contributed by atoms with Crippen molar-refractivity contribution in [1.82, 2.24) is 14.8 Å². The van der Waals surface area contributed by atoms with E-state index < -0.39 is 16.9 Å². The van der Waals surface area contributed by atoms with E-state index in [0.29, 0.717) is 11.2 Å². The van der Waals surface area contributed by atoms with Gasteiger partial charge in [0, 0.05) is 17.8 Å². The Morgan fingerprint density at radius 3 is 2.78 bits per heavy atom. The van der Waals surface area contributed by atoms with Crippen molar-refractivity contribution < 1.29 is 13.6 Å². The Morgan fingerprint density at radius 2 is 2.11 bits per heavy atom. The maximum absolute atomic E-state index is 13.3. The number of rotatable bonds is 6. The summed E-state index contributed by atoms with van der Waals surface area (Å²) in [6, 6.07) is 7.61. The highest BCUT2D eigenvalue weighted by molar-refractivity contribution is 8.00. The minimum absolute atomic E-state index is 0.217. The molecule has 27 heavy (non-hydrogen) atoms. The van der Waals surface area contributed by atoms with Crippen molar-refractivity contribution in [3.8, 4) is 10.7 Å². The highest BCUT2D eigenvalue weighted by atomic mass is 32.2. The van der Waals surface area contributed by atoms with Crippen LogP contribution in [0.5, 0.6) is 0 Å². The molecule has 4 rings (SSSR count). The molecule has 0 bridgehead atoms. The van der Waals surface area contributed by atoms with Crippen molar-refractivity contribution in [3.63, 3.8) is 0 Å². The zero-order chi connectivity index (χ0) is 19.0. The van der Waals surface area contributed by atoms with Crippen LogP contribution >= 0.6 is 23.1 Å². The SMILES string of the molecule is CC(Sc1nnc(-c2cccs2)n1C1CC1)C(=O)Nc1ccc(F)c(F)c1. The number of carbonyl (C=O) groups is 1. The molecule has 1 atom stereocenters. The second kappa shape index (κ2) is 7.40. The van der Waals surface area contributed by atoms with E-state index in [1.165, 1.54) is 17.8 Å². The van der Waals surface area contributed by atoms with Gasteiger partial charge in [-0.05, 0) is 43.3 Å². The van der Waals surface area contributed by atoms with Crippen molar-refractivity contribution in [3.05, 3.63) is 47.3 Å². The zero-order valence-corrected chi connectivity index (χ0v) is 16.0. The number of hydrogen-bond acceptors (Lipinski definition) is 5. The van der Waals surface area contributed by atoms with Gasteiger partial charge in [-0.15, -0.1) is 21.5 Å². The average molecular weight is 406 g/mol. The molecule has 0 radical (unpaired) electrons. The molecule has 140 valence electrons. The Bertz CT molecular complexity index is 970. The molecule has 1 aromatic carbocycles. The van der Waals surface area contributed by atoms with E-state index in [1.54, 1.807) is 18.3 Å². The number of halogens is 2. The predicted octanol–water partition coefficient (Wildman–Crippen LogP) is 4.74. The number of hydrogen-bond donors (Lipinski definition) is 1. The minimum Gasteiger partial charge on any atom is -0.325 e. The van der Waals surface area contributed by atoms with E-state index in [4.69, 9.17) is 0 Å². The van der Waals surface area contributed by atoms with Crippen LogP contribution in [-0.4, -0.2) is 25.9 Å². The number of aromatic nitrogens is 3. The van der Waals surface area contributed by atoms with Gasteiger partial charge in [0.25, 0.3) is 0 Å². The van der Waals surface area contributed by atoms with E-state index in [0.717, 1.165) is 35.7 Å². The van der Waals surface area contributed by atoms with Crippen LogP contribution in [0.2, 0.25) is 0 Å². The molecule has 2 heterocycles. The maximum Gasteiger partial charge on any atom is 0.237 e. The molecular formula is C18H16F2N4OS2. The monoisotopic (exact) mass is 406 g/mol. The Morgan fingerprint density at radius 1 is 1.30 bits per heavy atom. The van der Waals surface area contributed by atoms with Crippen molar-refractivity contribution in [2.45, 2.75) is 36.2 Å². The molecule has 0 aliphatic heterocycles. The molecule has 1 amide bonds. The van der Waals surface area contributed by atoms with Crippen LogP contribution in [0.25, 0.3) is 10.7 Å². The molecular weight excluding hydrogens is 390 g/mol. The summed E-state index contributed by atoms with van der Waals surface area (Å²) < 4.78 is 28.4. The van der Waals surface area contributed by atoms with Crippen LogP contribution in [-0.2, 0) is 4.79 Å². The smallest absolute Gasteiger partial charge is 0.237 e. The molecule has 9 heteroatoms. The molecule has 5 nitrogen and oxygen atoms in total. The number of nitrogens with zero attached hydrogens (tertiary/aromatic N) is 3. The fourth-order valence-electron chi connectivity index (χ4n) is 2.62. The number of amides is 1. The summed E-state index contributed by atoms with van der Waals surface area (Å²) >= 11 is 2.91. The lowest BCUT2D eigenvalue weighted by Crippen LogP contribution is -2.23. The maximum atomic E-state index is 13.3. The van der Waals surface area contributed by atoms with E-state index in [9.17, 15) is 13.6 Å². The van der Waals surface area contributed by atoms with Crippen molar-refractivity contribution >= 4 is 34.7 Å². The van der Waals surface area contributed by atoms with Gasteiger partial charge in [-0.25, -0.2) is 8.78 Å². The summed E-state index contributed by atoms with van der Waals surface area (Å²) in [5.74, 6) is -1.44. The van der Waals surface area contributed by atoms with Gasteiger partial charge in [0.15, 0.2) is 22.6 Å². The van der Waals surface area contributed by atoms with Gasteiger partial charge in [0.1, 0.15) is 0 Å². The fourth-order valence-corrected chi connectivity index (χ4v) is 4.25. The Labute approximate surface area is 162 Å². The second-order valence-electron chi connectivity index (χ2n) is 6.26. The van der Waals surface area contributed by atoms with E-state index in [-0.39, 0.29) is 11.6 Å². The lowest BCUT2D eigenvalue weighted by atomic mass is 10.3. The molecule has 1 aliphatic carbocycles. The van der Waals surface area contributed by atoms with Crippen LogP contribution < -0.4 is 5.32 Å². The molecule has 3 aromatic rings. The molecule has 2 aromatic heterocycles. The number of benzene rings is 1. The summed E-state index contributed by atoms with van der Waals surface area (Å²) in [5.41, 5.74) is 0.217. The highest BCUT2D eigenvalue weighted by Crippen LogP contribution is 2.42. The van der Waals surface area contributed by atoms with Crippen LogP contribution in [0.4, 0.5) is 14.5 Å². The number of anilines is 1. The lowest BCUT2D eigenvalue weighted by molar-refractivity contribution is -0.115. The largest absolute Gasteiger partial charge is 0.325 e. The van der Waals surface area contributed by atoms with E-state index >= 15 is 0 Å². The minimum atomic E-state index is -0.998. The van der Waals surface area contributed by atoms with Crippen molar-refractivity contribution in [2.24, 2.45) is 0 Å². The summed E-state index contributed by atoms with van der Waals surface area (Å²) in [5, 5.41) is 13.4. The van der Waals surface area contributed by atoms with Crippen molar-refractivity contribution in [1.29, 1.82) is 0 Å². The predicted molar refractivity (Wildman–Crippen MR) is 102 cm³/mol. The quantitative estimate of drug-likeness (QED) is 0.601. The molecule has 1 fully saturated rings. The molecule has 1 N–H and O–H groups in total. The molecule has 1 aliphatic rings. The molecule has 1 unspecified atom stereocenters. The second-order valence-corrected chi connectivity index (χ2v) is 8.52. The summed E-state index contributed by atoms with van der Waals surface area (Å²) in [6.45, 7) is 1.75.